The van der Waals surface area contributed by atoms with E-state index in [-0.39, 0.29) is 5.91 Å². The summed E-state index contributed by atoms with van der Waals surface area (Å²) in [4.78, 5) is 14.7. The van der Waals surface area contributed by atoms with Crippen LogP contribution in [0.4, 0.5) is 5.69 Å². The monoisotopic (exact) mass is 354 g/mol. The molecular formula is C20H22N2O4. The molecule has 4 rings (SSSR count). The molecule has 26 heavy (non-hydrogen) atoms. The molecule has 0 aromatic heterocycles. The number of carbonyl (C=O) groups excluding carboxylic acids is 1. The summed E-state index contributed by atoms with van der Waals surface area (Å²) in [5.41, 5.74) is 2.82. The minimum atomic E-state index is -0.126. The third-order valence-electron chi connectivity index (χ3n) is 4.57. The van der Waals surface area contributed by atoms with Gasteiger partial charge in [-0.05, 0) is 35.9 Å². The molecule has 0 atom stereocenters. The quantitative estimate of drug-likeness (QED) is 0.912. The van der Waals surface area contributed by atoms with Crippen molar-refractivity contribution in [3.63, 3.8) is 0 Å². The Bertz CT molecular complexity index is 770. The second-order valence-electron chi connectivity index (χ2n) is 6.31. The fraction of sp³-hybridized carbons (Fsp3) is 0.350. The normalized spacial score (nSPS) is 16.2. The highest BCUT2D eigenvalue weighted by Gasteiger charge is 2.15. The van der Waals surface area contributed by atoms with E-state index in [0.29, 0.717) is 36.8 Å². The minimum Gasteiger partial charge on any atom is -0.486 e. The number of amides is 1. The van der Waals surface area contributed by atoms with Gasteiger partial charge in [0.25, 0.3) is 5.91 Å². The average molecular weight is 354 g/mol. The number of hydrogen-bond acceptors (Lipinski definition) is 5. The lowest BCUT2D eigenvalue weighted by atomic mass is 10.1. The lowest BCUT2D eigenvalue weighted by Crippen LogP contribution is -2.36. The van der Waals surface area contributed by atoms with Crippen molar-refractivity contribution in [2.75, 3.05) is 44.4 Å². The molecule has 2 aliphatic rings. The fourth-order valence-electron chi connectivity index (χ4n) is 3.12. The van der Waals surface area contributed by atoms with Gasteiger partial charge in [-0.15, -0.1) is 0 Å². The Kier molecular flexibility index (Phi) is 4.93. The Hall–Kier alpha value is -2.73. The molecule has 1 N–H and O–H groups in total. The van der Waals surface area contributed by atoms with Crippen molar-refractivity contribution < 1.29 is 19.0 Å². The van der Waals surface area contributed by atoms with E-state index in [4.69, 9.17) is 14.2 Å². The van der Waals surface area contributed by atoms with Gasteiger partial charge in [0.15, 0.2) is 11.5 Å². The second kappa shape index (κ2) is 7.66. The summed E-state index contributed by atoms with van der Waals surface area (Å²) in [7, 11) is 0. The summed E-state index contributed by atoms with van der Waals surface area (Å²) < 4.78 is 16.4. The van der Waals surface area contributed by atoms with Gasteiger partial charge in [-0.2, -0.15) is 0 Å². The predicted molar refractivity (Wildman–Crippen MR) is 98.1 cm³/mol. The molecule has 2 aromatic carbocycles. The number of morpholine rings is 1. The van der Waals surface area contributed by atoms with Crippen LogP contribution < -0.4 is 19.7 Å². The molecule has 0 spiro atoms. The molecule has 6 heteroatoms. The zero-order valence-corrected chi connectivity index (χ0v) is 14.6. The molecule has 2 aliphatic heterocycles. The van der Waals surface area contributed by atoms with Gasteiger partial charge in [0.1, 0.15) is 13.2 Å². The molecule has 1 saturated heterocycles. The van der Waals surface area contributed by atoms with E-state index >= 15 is 0 Å². The Labute approximate surface area is 152 Å². The number of benzene rings is 2. The molecular weight excluding hydrogens is 332 g/mol. The summed E-state index contributed by atoms with van der Waals surface area (Å²) in [5, 5.41) is 2.95. The van der Waals surface area contributed by atoms with E-state index in [1.807, 2.05) is 0 Å². The summed E-state index contributed by atoms with van der Waals surface area (Å²) in [6.45, 7) is 4.91. The maximum absolute atomic E-state index is 12.4. The van der Waals surface area contributed by atoms with E-state index in [1.165, 1.54) is 5.69 Å². The highest BCUT2D eigenvalue weighted by Crippen LogP contribution is 2.30. The SMILES string of the molecule is O=C(NCc1ccc(N2CCOCC2)cc1)c1ccc2c(c1)OCCO2. The largest absolute Gasteiger partial charge is 0.486 e. The Morgan fingerprint density at radius 1 is 0.923 bits per heavy atom. The molecule has 1 amide bonds. The standard InChI is InChI=1S/C20H22N2O4/c23-20(16-3-6-18-19(13-16)26-12-11-25-18)21-14-15-1-4-17(5-2-15)22-7-9-24-10-8-22/h1-6,13H,7-12,14H2,(H,21,23). The average Bonchev–Trinajstić information content (AvgIpc) is 2.72. The minimum absolute atomic E-state index is 0.126. The number of hydrogen-bond donors (Lipinski definition) is 1. The number of rotatable bonds is 4. The van der Waals surface area contributed by atoms with E-state index in [1.54, 1.807) is 18.2 Å². The Morgan fingerprint density at radius 2 is 1.65 bits per heavy atom. The van der Waals surface area contributed by atoms with Crippen LogP contribution in [0.3, 0.4) is 0 Å². The van der Waals surface area contributed by atoms with Crippen molar-refractivity contribution in [3.8, 4) is 11.5 Å². The van der Waals surface area contributed by atoms with Crippen molar-refractivity contribution in [2.45, 2.75) is 6.54 Å². The maximum atomic E-state index is 12.4. The van der Waals surface area contributed by atoms with Crippen LogP contribution in [0.25, 0.3) is 0 Å². The number of carbonyl (C=O) groups is 1. The Balaban J connectivity index is 1.35. The van der Waals surface area contributed by atoms with Crippen LogP contribution in [-0.2, 0) is 11.3 Å². The number of fused-ring (bicyclic) bond motifs is 1. The number of anilines is 1. The van der Waals surface area contributed by atoms with Gasteiger partial charge in [0.05, 0.1) is 13.2 Å². The van der Waals surface area contributed by atoms with Crippen LogP contribution in [0.2, 0.25) is 0 Å². The van der Waals surface area contributed by atoms with E-state index in [2.05, 4.69) is 34.5 Å². The van der Waals surface area contributed by atoms with Crippen LogP contribution in [-0.4, -0.2) is 45.4 Å². The molecule has 2 heterocycles. The maximum Gasteiger partial charge on any atom is 0.251 e. The zero-order chi connectivity index (χ0) is 17.8. The van der Waals surface area contributed by atoms with E-state index in [9.17, 15) is 4.79 Å². The highest BCUT2D eigenvalue weighted by molar-refractivity contribution is 5.94. The fourth-order valence-corrected chi connectivity index (χ4v) is 3.12. The zero-order valence-electron chi connectivity index (χ0n) is 14.6. The number of nitrogens with zero attached hydrogens (tertiary/aromatic N) is 1. The van der Waals surface area contributed by atoms with Crippen LogP contribution in [0.1, 0.15) is 15.9 Å². The van der Waals surface area contributed by atoms with Crippen molar-refractivity contribution in [1.82, 2.24) is 5.32 Å². The molecule has 136 valence electrons. The van der Waals surface area contributed by atoms with Gasteiger partial charge >= 0.3 is 0 Å². The van der Waals surface area contributed by atoms with Crippen LogP contribution >= 0.6 is 0 Å². The van der Waals surface area contributed by atoms with E-state index < -0.39 is 0 Å². The topological polar surface area (TPSA) is 60.0 Å². The van der Waals surface area contributed by atoms with Crippen LogP contribution in [0.5, 0.6) is 11.5 Å². The highest BCUT2D eigenvalue weighted by atomic mass is 16.6. The van der Waals surface area contributed by atoms with E-state index in [0.717, 1.165) is 31.9 Å². The molecule has 0 unspecified atom stereocenters. The molecule has 0 aliphatic carbocycles. The van der Waals surface area contributed by atoms with Gasteiger partial charge in [0, 0.05) is 30.9 Å². The lowest BCUT2D eigenvalue weighted by molar-refractivity contribution is 0.0949. The van der Waals surface area contributed by atoms with Gasteiger partial charge in [-0.1, -0.05) is 12.1 Å². The molecule has 0 radical (unpaired) electrons. The van der Waals surface area contributed by atoms with Crippen LogP contribution in [0, 0.1) is 0 Å². The lowest BCUT2D eigenvalue weighted by Gasteiger charge is -2.28. The molecule has 6 nitrogen and oxygen atoms in total. The molecule has 2 aromatic rings. The molecule has 1 fully saturated rings. The summed E-state index contributed by atoms with van der Waals surface area (Å²) in [6, 6.07) is 13.5. The molecule has 0 saturated carbocycles. The third-order valence-corrected chi connectivity index (χ3v) is 4.57. The summed E-state index contributed by atoms with van der Waals surface area (Å²) in [6.07, 6.45) is 0. The third kappa shape index (κ3) is 3.75. The van der Waals surface area contributed by atoms with Crippen molar-refractivity contribution >= 4 is 11.6 Å². The summed E-state index contributed by atoms with van der Waals surface area (Å²) >= 11 is 0. The smallest absolute Gasteiger partial charge is 0.251 e. The first-order chi connectivity index (χ1) is 12.8. The van der Waals surface area contributed by atoms with Gasteiger partial charge in [0.2, 0.25) is 0 Å². The summed E-state index contributed by atoms with van der Waals surface area (Å²) in [5.74, 6) is 1.18. The predicted octanol–water partition coefficient (Wildman–Crippen LogP) is 2.22. The first-order valence-electron chi connectivity index (χ1n) is 8.89. The molecule has 0 bridgehead atoms. The first-order valence-corrected chi connectivity index (χ1v) is 8.89. The van der Waals surface area contributed by atoms with Crippen molar-refractivity contribution in [3.05, 3.63) is 53.6 Å². The number of ether oxygens (including phenoxy) is 3. The van der Waals surface area contributed by atoms with Gasteiger partial charge in [-0.3, -0.25) is 4.79 Å². The first kappa shape index (κ1) is 16.7. The van der Waals surface area contributed by atoms with Crippen LogP contribution in [0.15, 0.2) is 42.5 Å². The Morgan fingerprint density at radius 3 is 2.42 bits per heavy atom. The van der Waals surface area contributed by atoms with Crippen molar-refractivity contribution in [1.29, 1.82) is 0 Å². The van der Waals surface area contributed by atoms with Gasteiger partial charge in [-0.25, -0.2) is 0 Å². The van der Waals surface area contributed by atoms with Gasteiger partial charge < -0.3 is 24.4 Å². The van der Waals surface area contributed by atoms with Crippen molar-refractivity contribution in [2.24, 2.45) is 0 Å². The number of nitrogens with one attached hydrogen (secondary N) is 1. The second-order valence-corrected chi connectivity index (χ2v) is 6.31.